The topological polar surface area (TPSA) is 90.5 Å². The van der Waals surface area contributed by atoms with E-state index in [1.54, 1.807) is 12.3 Å². The number of nitrogens with one attached hydrogen (secondary N) is 1. The summed E-state index contributed by atoms with van der Waals surface area (Å²) < 4.78 is 23.3. The molecule has 2 aromatic heterocycles. The molecule has 7 rings (SSSR count). The second-order valence-electron chi connectivity index (χ2n) is 12.8. The van der Waals surface area contributed by atoms with Gasteiger partial charge in [-0.1, -0.05) is 24.6 Å². The molecular formula is C33H39ClFN7O2S. The van der Waals surface area contributed by atoms with Crippen molar-refractivity contribution in [3.8, 4) is 17.1 Å². The summed E-state index contributed by atoms with van der Waals surface area (Å²) in [5.41, 5.74) is 3.02. The molecule has 3 fully saturated rings. The molecule has 1 amide bonds. The molecule has 0 bridgehead atoms. The maximum absolute atomic E-state index is 16.9. The van der Waals surface area contributed by atoms with E-state index in [2.05, 4.69) is 39.5 Å². The van der Waals surface area contributed by atoms with E-state index in [0.717, 1.165) is 88.0 Å². The monoisotopic (exact) mass is 651 g/mol. The number of benzene rings is 2. The van der Waals surface area contributed by atoms with Crippen molar-refractivity contribution in [2.45, 2.75) is 52.1 Å². The van der Waals surface area contributed by atoms with Gasteiger partial charge in [-0.2, -0.15) is 27.7 Å². The molecule has 3 aliphatic rings. The lowest BCUT2D eigenvalue weighted by Crippen LogP contribution is -2.62. The third-order valence-electron chi connectivity index (χ3n) is 10.0. The SMILES string of the molecule is CCN1CCC(Oc2nc(N3CCC4(CC3)CN(C(=O)CCS)C4)c3cc(Cl)c(-c4c(C)ccc5[nH]ncc45)c(F)c3n2)CC1. The maximum Gasteiger partial charge on any atom is 0.319 e. The number of carbonyl (C=O) groups excluding carboxylic acids is 1. The number of aromatic amines is 1. The summed E-state index contributed by atoms with van der Waals surface area (Å²) in [7, 11) is 0. The van der Waals surface area contributed by atoms with Gasteiger partial charge in [-0.3, -0.25) is 9.89 Å². The Bertz CT molecular complexity index is 1740. The molecule has 12 heteroatoms. The first-order valence-corrected chi connectivity index (χ1v) is 17.0. The number of anilines is 1. The Balaban J connectivity index is 1.25. The van der Waals surface area contributed by atoms with Crippen LogP contribution in [0.15, 0.2) is 24.4 Å². The molecule has 3 aliphatic heterocycles. The number of hydrogen-bond acceptors (Lipinski definition) is 8. The van der Waals surface area contributed by atoms with Gasteiger partial charge in [0.25, 0.3) is 0 Å². The Hall–Kier alpha value is -3.15. The zero-order chi connectivity index (χ0) is 31.3. The highest BCUT2D eigenvalue weighted by Crippen LogP contribution is 2.45. The second-order valence-corrected chi connectivity index (χ2v) is 13.7. The van der Waals surface area contributed by atoms with E-state index in [1.807, 2.05) is 24.0 Å². The minimum Gasteiger partial charge on any atom is -0.460 e. The summed E-state index contributed by atoms with van der Waals surface area (Å²) in [5.74, 6) is 0.892. The van der Waals surface area contributed by atoms with Crippen LogP contribution in [-0.4, -0.2) is 93.5 Å². The number of aromatic nitrogens is 4. The van der Waals surface area contributed by atoms with Gasteiger partial charge in [-0.05, 0) is 62.6 Å². The molecule has 45 heavy (non-hydrogen) atoms. The summed E-state index contributed by atoms with van der Waals surface area (Å²) in [5, 5.41) is 8.84. The standard InChI is InChI=1S/C33H39ClFN7O2S/c1-3-40-11-6-21(7-12-40)44-32-37-30-22(16-24(34)28(29(30)35)27-20(2)4-5-25-23(27)17-36-39-25)31(38-32)41-13-9-33(10-14-41)18-42(19-33)26(43)8-15-45/h4-5,16-17,21,45H,3,6-15,18-19H2,1-2H3,(H,36,39). The predicted octanol–water partition coefficient (Wildman–Crippen LogP) is 5.89. The van der Waals surface area contributed by atoms with Crippen LogP contribution in [-0.2, 0) is 4.79 Å². The Morgan fingerprint density at radius 1 is 1.13 bits per heavy atom. The minimum atomic E-state index is -0.491. The van der Waals surface area contributed by atoms with Crippen molar-refractivity contribution in [2.24, 2.45) is 5.41 Å². The first kappa shape index (κ1) is 30.5. The quantitative estimate of drug-likeness (QED) is 0.241. The third kappa shape index (κ3) is 5.61. The van der Waals surface area contributed by atoms with Crippen LogP contribution < -0.4 is 9.64 Å². The molecule has 0 atom stereocenters. The number of piperidine rings is 2. The first-order chi connectivity index (χ1) is 21.8. The highest BCUT2D eigenvalue weighted by molar-refractivity contribution is 7.80. The lowest BCUT2D eigenvalue weighted by molar-refractivity contribution is -0.144. The number of nitrogens with zero attached hydrogens (tertiary/aromatic N) is 6. The molecule has 5 heterocycles. The number of ether oxygens (including phenoxy) is 1. The number of fused-ring (bicyclic) bond motifs is 2. The van der Waals surface area contributed by atoms with Gasteiger partial charge in [-0.25, -0.2) is 4.39 Å². The highest BCUT2D eigenvalue weighted by Gasteiger charge is 2.46. The molecule has 0 aliphatic carbocycles. The molecule has 1 spiro atoms. The number of likely N-dealkylation sites (tertiary alicyclic amines) is 2. The Morgan fingerprint density at radius 2 is 1.89 bits per heavy atom. The summed E-state index contributed by atoms with van der Waals surface area (Å²) in [4.78, 5) is 28.6. The number of halogens is 2. The maximum atomic E-state index is 16.9. The van der Waals surface area contributed by atoms with Crippen molar-refractivity contribution in [3.63, 3.8) is 0 Å². The van der Waals surface area contributed by atoms with Gasteiger partial charge in [0.05, 0.1) is 16.7 Å². The Morgan fingerprint density at radius 3 is 2.60 bits per heavy atom. The molecule has 0 unspecified atom stereocenters. The molecule has 2 aromatic carbocycles. The van der Waals surface area contributed by atoms with E-state index < -0.39 is 5.82 Å². The van der Waals surface area contributed by atoms with Gasteiger partial charge >= 0.3 is 6.01 Å². The number of carbonyl (C=O) groups is 1. The molecular weight excluding hydrogens is 613 g/mol. The van der Waals surface area contributed by atoms with E-state index in [0.29, 0.717) is 39.5 Å². The minimum absolute atomic E-state index is 0.0322. The molecule has 3 saturated heterocycles. The van der Waals surface area contributed by atoms with Crippen LogP contribution in [0.1, 0.15) is 44.6 Å². The Labute approximate surface area is 272 Å². The van der Waals surface area contributed by atoms with Crippen molar-refractivity contribution < 1.29 is 13.9 Å². The highest BCUT2D eigenvalue weighted by atomic mass is 35.5. The van der Waals surface area contributed by atoms with Crippen LogP contribution >= 0.6 is 24.2 Å². The Kier molecular flexibility index (Phi) is 8.29. The molecule has 4 aromatic rings. The predicted molar refractivity (Wildman–Crippen MR) is 179 cm³/mol. The van der Waals surface area contributed by atoms with Crippen molar-refractivity contribution >= 4 is 57.8 Å². The van der Waals surface area contributed by atoms with Crippen molar-refractivity contribution in [1.82, 2.24) is 30.0 Å². The lowest BCUT2D eigenvalue weighted by atomic mass is 9.72. The van der Waals surface area contributed by atoms with Gasteiger partial charge in [-0.15, -0.1) is 0 Å². The molecule has 238 valence electrons. The van der Waals surface area contributed by atoms with E-state index in [4.69, 9.17) is 26.3 Å². The average molecular weight is 652 g/mol. The lowest BCUT2D eigenvalue weighted by Gasteiger charge is -2.54. The van der Waals surface area contributed by atoms with Crippen molar-refractivity contribution in [1.29, 1.82) is 0 Å². The number of amides is 1. The van der Waals surface area contributed by atoms with Crippen LogP contribution in [0.2, 0.25) is 5.02 Å². The first-order valence-electron chi connectivity index (χ1n) is 15.9. The normalized spacial score (nSPS) is 19.0. The largest absolute Gasteiger partial charge is 0.460 e. The van der Waals surface area contributed by atoms with Gasteiger partial charge in [0.2, 0.25) is 5.91 Å². The number of hydrogen-bond donors (Lipinski definition) is 2. The van der Waals surface area contributed by atoms with Gasteiger partial charge in [0, 0.05) is 73.0 Å². The summed E-state index contributed by atoms with van der Waals surface area (Å²) in [6, 6.07) is 5.88. The molecule has 1 N–H and O–H groups in total. The number of rotatable bonds is 7. The van der Waals surface area contributed by atoms with Crippen molar-refractivity contribution in [3.05, 3.63) is 40.8 Å². The molecule has 0 radical (unpaired) electrons. The van der Waals surface area contributed by atoms with Crippen LogP contribution in [0.5, 0.6) is 6.01 Å². The van der Waals surface area contributed by atoms with Gasteiger partial charge < -0.3 is 19.4 Å². The second kappa shape index (κ2) is 12.2. The van der Waals surface area contributed by atoms with Crippen LogP contribution in [0, 0.1) is 18.2 Å². The van der Waals surface area contributed by atoms with E-state index >= 15 is 4.39 Å². The zero-order valence-electron chi connectivity index (χ0n) is 25.8. The van der Waals surface area contributed by atoms with Gasteiger partial charge in [0.15, 0.2) is 5.82 Å². The van der Waals surface area contributed by atoms with Gasteiger partial charge in [0.1, 0.15) is 17.4 Å². The fraction of sp³-hybridized carbons (Fsp3) is 0.515. The third-order valence-corrected chi connectivity index (χ3v) is 10.6. The summed E-state index contributed by atoms with van der Waals surface area (Å²) in [6.45, 7) is 10.1. The number of thiol groups is 1. The van der Waals surface area contributed by atoms with Crippen molar-refractivity contribution in [2.75, 3.05) is 56.5 Å². The van der Waals surface area contributed by atoms with E-state index in [9.17, 15) is 4.79 Å². The molecule has 0 saturated carbocycles. The van der Waals surface area contributed by atoms with E-state index in [1.165, 1.54) is 0 Å². The fourth-order valence-corrected chi connectivity index (χ4v) is 7.81. The van der Waals surface area contributed by atoms with Crippen LogP contribution in [0.4, 0.5) is 10.2 Å². The summed E-state index contributed by atoms with van der Waals surface area (Å²) >= 11 is 11.2. The fourth-order valence-electron chi connectivity index (χ4n) is 7.34. The molecule has 9 nitrogen and oxygen atoms in total. The van der Waals surface area contributed by atoms with E-state index in [-0.39, 0.29) is 29.0 Å². The number of aryl methyl sites for hydroxylation is 1. The zero-order valence-corrected chi connectivity index (χ0v) is 27.4. The summed E-state index contributed by atoms with van der Waals surface area (Å²) in [6.07, 6.45) is 5.73. The average Bonchev–Trinajstić information content (AvgIpc) is 3.51. The van der Waals surface area contributed by atoms with Crippen LogP contribution in [0.3, 0.4) is 0 Å². The number of H-pyrrole nitrogens is 1. The van der Waals surface area contributed by atoms with Crippen LogP contribution in [0.25, 0.3) is 32.9 Å². The smallest absolute Gasteiger partial charge is 0.319 e.